The summed E-state index contributed by atoms with van der Waals surface area (Å²) in [6, 6.07) is 9.05. The number of benzene rings is 2. The van der Waals surface area contributed by atoms with Gasteiger partial charge in [0.1, 0.15) is 4.90 Å². The molecule has 3 rings (SSSR count). The average Bonchev–Trinajstić information content (AvgIpc) is 2.78. The van der Waals surface area contributed by atoms with Crippen LogP contribution in [0, 0.1) is 11.6 Å². The average molecular weight is 325 g/mol. The summed E-state index contributed by atoms with van der Waals surface area (Å²) in [5, 5.41) is 10.0. The van der Waals surface area contributed by atoms with Gasteiger partial charge in [-0.25, -0.2) is 21.9 Å². The predicted molar refractivity (Wildman–Crippen MR) is 75.6 cm³/mol. The van der Waals surface area contributed by atoms with Crippen molar-refractivity contribution < 1.29 is 22.3 Å². The summed E-state index contributed by atoms with van der Waals surface area (Å²) in [5.41, 5.74) is 1.46. The highest BCUT2D eigenvalue weighted by molar-refractivity contribution is 7.89. The van der Waals surface area contributed by atoms with Crippen LogP contribution in [0.1, 0.15) is 17.2 Å². The number of hydrogen-bond donors (Lipinski definition) is 2. The molecule has 0 aromatic heterocycles. The lowest BCUT2D eigenvalue weighted by molar-refractivity contribution is 0.151. The van der Waals surface area contributed by atoms with E-state index in [9.17, 15) is 22.3 Å². The first-order chi connectivity index (χ1) is 10.4. The highest BCUT2D eigenvalue weighted by atomic mass is 32.2. The predicted octanol–water partition coefficient (Wildman–Crippen LogP) is 1.90. The zero-order valence-corrected chi connectivity index (χ0v) is 12.1. The number of fused-ring (bicyclic) bond motifs is 1. The van der Waals surface area contributed by atoms with Gasteiger partial charge in [-0.2, -0.15) is 0 Å². The molecular formula is C15H13F2NO3S. The molecule has 1 aliphatic rings. The summed E-state index contributed by atoms with van der Waals surface area (Å²) < 4.78 is 53.8. The fourth-order valence-corrected chi connectivity index (χ4v) is 3.97. The summed E-state index contributed by atoms with van der Waals surface area (Å²) in [5.74, 6) is -2.67. The van der Waals surface area contributed by atoms with Crippen LogP contribution in [0.4, 0.5) is 8.78 Å². The van der Waals surface area contributed by atoms with Gasteiger partial charge in [-0.3, -0.25) is 0 Å². The lowest BCUT2D eigenvalue weighted by Gasteiger charge is -2.18. The summed E-state index contributed by atoms with van der Waals surface area (Å²) in [7, 11) is -4.30. The van der Waals surface area contributed by atoms with Gasteiger partial charge in [-0.1, -0.05) is 30.3 Å². The van der Waals surface area contributed by atoms with Crippen molar-refractivity contribution in [2.45, 2.75) is 23.5 Å². The lowest BCUT2D eigenvalue weighted by Crippen LogP contribution is -2.34. The van der Waals surface area contributed by atoms with Gasteiger partial charge < -0.3 is 5.11 Å². The Kier molecular flexibility index (Phi) is 3.72. The van der Waals surface area contributed by atoms with Gasteiger partial charge in [-0.15, -0.1) is 0 Å². The first-order valence-electron chi connectivity index (χ1n) is 6.62. The first-order valence-corrected chi connectivity index (χ1v) is 8.10. The van der Waals surface area contributed by atoms with Gasteiger partial charge >= 0.3 is 0 Å². The minimum Gasteiger partial charge on any atom is -0.391 e. The third-order valence-corrected chi connectivity index (χ3v) is 5.15. The van der Waals surface area contributed by atoms with Crippen LogP contribution in [0.5, 0.6) is 0 Å². The van der Waals surface area contributed by atoms with Crippen LogP contribution < -0.4 is 4.72 Å². The van der Waals surface area contributed by atoms with Gasteiger partial charge in [0.25, 0.3) is 0 Å². The summed E-state index contributed by atoms with van der Waals surface area (Å²) in [6.45, 7) is 0. The molecular weight excluding hydrogens is 312 g/mol. The Morgan fingerprint density at radius 1 is 1.09 bits per heavy atom. The molecule has 2 unspecified atom stereocenters. The molecule has 0 spiro atoms. The van der Waals surface area contributed by atoms with Crippen LogP contribution in [-0.4, -0.2) is 19.6 Å². The smallest absolute Gasteiger partial charge is 0.244 e. The second-order valence-corrected chi connectivity index (χ2v) is 6.80. The minimum absolute atomic E-state index is 0.301. The van der Waals surface area contributed by atoms with E-state index in [1.165, 1.54) is 0 Å². The zero-order chi connectivity index (χ0) is 15.9. The van der Waals surface area contributed by atoms with E-state index >= 15 is 0 Å². The van der Waals surface area contributed by atoms with Crippen molar-refractivity contribution in [1.82, 2.24) is 4.72 Å². The van der Waals surface area contributed by atoms with Crippen LogP contribution in [0.3, 0.4) is 0 Å². The van der Waals surface area contributed by atoms with E-state index in [1.54, 1.807) is 24.3 Å². The van der Waals surface area contributed by atoms with Crippen LogP contribution in [0.25, 0.3) is 0 Å². The van der Waals surface area contributed by atoms with Crippen LogP contribution >= 0.6 is 0 Å². The van der Waals surface area contributed by atoms with E-state index in [0.29, 0.717) is 12.0 Å². The van der Waals surface area contributed by atoms with E-state index in [4.69, 9.17) is 0 Å². The van der Waals surface area contributed by atoms with Crippen LogP contribution in [0.15, 0.2) is 47.4 Å². The van der Waals surface area contributed by atoms with E-state index in [-0.39, 0.29) is 0 Å². The molecule has 2 aromatic carbocycles. The maximum atomic E-state index is 13.7. The Hall–Kier alpha value is -1.83. The molecule has 0 radical (unpaired) electrons. The molecule has 22 heavy (non-hydrogen) atoms. The normalized spacial score (nSPS) is 20.9. The van der Waals surface area contributed by atoms with E-state index in [1.807, 2.05) is 0 Å². The minimum atomic E-state index is -4.30. The molecule has 0 saturated heterocycles. The lowest BCUT2D eigenvalue weighted by atomic mass is 10.1. The maximum Gasteiger partial charge on any atom is 0.244 e. The maximum absolute atomic E-state index is 13.7. The van der Waals surface area contributed by atoms with Crippen molar-refractivity contribution in [3.8, 4) is 0 Å². The van der Waals surface area contributed by atoms with E-state index in [2.05, 4.69) is 4.72 Å². The van der Waals surface area contributed by atoms with Crippen molar-refractivity contribution in [3.05, 3.63) is 65.2 Å². The number of halogens is 2. The fourth-order valence-electron chi connectivity index (χ4n) is 2.64. The molecule has 2 N–H and O–H groups in total. The number of sulfonamides is 1. The van der Waals surface area contributed by atoms with Gasteiger partial charge in [0, 0.05) is 6.42 Å². The molecule has 0 fully saturated rings. The first kappa shape index (κ1) is 15.1. The zero-order valence-electron chi connectivity index (χ0n) is 11.3. The second kappa shape index (κ2) is 5.42. The summed E-state index contributed by atoms with van der Waals surface area (Å²) in [4.78, 5) is -0.774. The monoisotopic (exact) mass is 325 g/mol. The molecule has 2 atom stereocenters. The highest BCUT2D eigenvalue weighted by Crippen LogP contribution is 2.32. The molecule has 4 nitrogen and oxygen atoms in total. The fraction of sp³-hybridized carbons (Fsp3) is 0.200. The van der Waals surface area contributed by atoms with Gasteiger partial charge in [0.15, 0.2) is 11.6 Å². The Labute approximate surface area is 126 Å². The molecule has 0 bridgehead atoms. The summed E-state index contributed by atoms with van der Waals surface area (Å²) >= 11 is 0. The van der Waals surface area contributed by atoms with Crippen molar-refractivity contribution in [2.24, 2.45) is 0 Å². The molecule has 1 aliphatic carbocycles. The third kappa shape index (κ3) is 2.51. The Balaban J connectivity index is 1.97. The highest BCUT2D eigenvalue weighted by Gasteiger charge is 2.35. The largest absolute Gasteiger partial charge is 0.391 e. The number of nitrogens with one attached hydrogen (secondary N) is 1. The molecule has 0 amide bonds. The van der Waals surface area contributed by atoms with Crippen molar-refractivity contribution in [1.29, 1.82) is 0 Å². The molecule has 7 heteroatoms. The third-order valence-electron chi connectivity index (χ3n) is 3.69. The molecule has 0 aliphatic heterocycles. The molecule has 2 aromatic rings. The number of aliphatic hydroxyl groups excluding tert-OH is 1. The standard InChI is InChI=1S/C15H13F2NO3S/c16-11-6-3-7-13(14(11)17)22(20,21)18-15-10-5-2-1-4-9(10)8-12(15)19/h1-7,12,15,18-19H,8H2. The SMILES string of the molecule is O=S(=O)(NC1c2ccccc2CC1O)c1cccc(F)c1F. The Morgan fingerprint density at radius 2 is 1.82 bits per heavy atom. The topological polar surface area (TPSA) is 66.4 Å². The number of rotatable bonds is 3. The van der Waals surface area contributed by atoms with Crippen molar-refractivity contribution in [2.75, 3.05) is 0 Å². The van der Waals surface area contributed by atoms with E-state index < -0.39 is 38.7 Å². The quantitative estimate of drug-likeness (QED) is 0.906. The number of hydrogen-bond acceptors (Lipinski definition) is 3. The Bertz CT molecular complexity index is 823. The van der Waals surface area contributed by atoms with Gasteiger partial charge in [0.05, 0.1) is 12.1 Å². The molecule has 0 saturated carbocycles. The second-order valence-electron chi connectivity index (χ2n) is 5.12. The molecule has 0 heterocycles. The van der Waals surface area contributed by atoms with Crippen molar-refractivity contribution >= 4 is 10.0 Å². The Morgan fingerprint density at radius 3 is 2.59 bits per heavy atom. The van der Waals surface area contributed by atoms with Crippen molar-refractivity contribution in [3.63, 3.8) is 0 Å². The number of aliphatic hydroxyl groups is 1. The summed E-state index contributed by atoms with van der Waals surface area (Å²) in [6.07, 6.45) is -0.654. The van der Waals surface area contributed by atoms with Gasteiger partial charge in [-0.05, 0) is 23.3 Å². The van der Waals surface area contributed by atoms with Crippen LogP contribution in [0.2, 0.25) is 0 Å². The van der Waals surface area contributed by atoms with Gasteiger partial charge in [0.2, 0.25) is 10.0 Å². The molecule has 116 valence electrons. The van der Waals surface area contributed by atoms with E-state index in [0.717, 1.165) is 23.8 Å². The van der Waals surface area contributed by atoms with Crippen LogP contribution in [-0.2, 0) is 16.4 Å².